The second-order valence-corrected chi connectivity index (χ2v) is 9.04. The molecule has 0 saturated heterocycles. The molecule has 0 bridgehead atoms. The number of rotatable bonds is 4. The maximum absolute atomic E-state index is 12.7. The molecule has 1 aliphatic heterocycles. The molecule has 2 N–H and O–H groups in total. The van der Waals surface area contributed by atoms with Gasteiger partial charge in [0, 0.05) is 5.54 Å². The van der Waals surface area contributed by atoms with Crippen molar-refractivity contribution in [3.63, 3.8) is 0 Å². The largest absolute Gasteiger partial charge is 0.486 e. The van der Waals surface area contributed by atoms with Crippen LogP contribution in [-0.4, -0.2) is 40.7 Å². The van der Waals surface area contributed by atoms with Gasteiger partial charge < -0.3 is 20.1 Å². The van der Waals surface area contributed by atoms with Gasteiger partial charge in [0.05, 0.1) is 16.8 Å². The number of anilines is 1. The summed E-state index contributed by atoms with van der Waals surface area (Å²) in [6.45, 7) is 8.81. The van der Waals surface area contributed by atoms with Crippen LogP contribution in [0.25, 0.3) is 10.2 Å². The molecule has 152 valence electrons. The van der Waals surface area contributed by atoms with Gasteiger partial charge >= 0.3 is 0 Å². The molecule has 29 heavy (non-hydrogen) atoms. The van der Waals surface area contributed by atoms with Gasteiger partial charge in [-0.3, -0.25) is 4.79 Å². The summed E-state index contributed by atoms with van der Waals surface area (Å²) in [5.41, 5.74) is 0.571. The van der Waals surface area contributed by atoms with Crippen LogP contribution in [0.4, 0.5) is 5.82 Å². The number of thiophene rings is 1. The Morgan fingerprint density at radius 3 is 2.76 bits per heavy atom. The number of benzene rings is 1. The van der Waals surface area contributed by atoms with Crippen molar-refractivity contribution in [1.29, 1.82) is 0 Å². The first kappa shape index (κ1) is 19.4. The van der Waals surface area contributed by atoms with Crippen molar-refractivity contribution in [3.05, 3.63) is 41.0 Å². The summed E-state index contributed by atoms with van der Waals surface area (Å²) in [7, 11) is 0. The number of aryl methyl sites for hydroxylation is 1. The average Bonchev–Trinajstić information content (AvgIpc) is 3.02. The second kappa shape index (κ2) is 7.51. The van der Waals surface area contributed by atoms with Crippen molar-refractivity contribution in [3.8, 4) is 11.5 Å². The zero-order valence-corrected chi connectivity index (χ0v) is 17.7. The number of para-hydroxylation sites is 2. The van der Waals surface area contributed by atoms with E-state index in [1.54, 1.807) is 0 Å². The molecule has 0 aliphatic carbocycles. The number of amides is 1. The lowest BCUT2D eigenvalue weighted by Crippen LogP contribution is -2.40. The van der Waals surface area contributed by atoms with Crippen LogP contribution in [0.3, 0.4) is 0 Å². The Morgan fingerprint density at radius 2 is 2.00 bits per heavy atom. The molecule has 0 radical (unpaired) electrons. The number of carbonyl (C=O) groups is 1. The molecule has 1 amide bonds. The minimum Gasteiger partial charge on any atom is -0.486 e. The Kier molecular flexibility index (Phi) is 5.04. The molecule has 0 spiro atoms. The lowest BCUT2D eigenvalue weighted by molar-refractivity contribution is 0.0923. The number of ether oxygens (including phenoxy) is 2. The molecule has 2 aromatic heterocycles. The fraction of sp³-hybridized carbons (Fsp3) is 0.381. The number of nitrogens with one attached hydrogen (secondary N) is 2. The summed E-state index contributed by atoms with van der Waals surface area (Å²) in [6.07, 6.45) is 1.37. The molecular weight excluding hydrogens is 388 g/mol. The minimum absolute atomic E-state index is 0.0930. The first-order chi connectivity index (χ1) is 13.8. The molecule has 1 atom stereocenters. The van der Waals surface area contributed by atoms with Crippen LogP contribution in [0.1, 0.15) is 36.0 Å². The highest BCUT2D eigenvalue weighted by Gasteiger charge is 2.24. The molecule has 4 rings (SSSR count). The zero-order chi connectivity index (χ0) is 20.6. The number of nitrogens with zero attached hydrogens (tertiary/aromatic N) is 2. The van der Waals surface area contributed by atoms with Gasteiger partial charge in [0.2, 0.25) is 0 Å². The van der Waals surface area contributed by atoms with Crippen LogP contribution < -0.4 is 20.1 Å². The lowest BCUT2D eigenvalue weighted by Gasteiger charge is -2.26. The fourth-order valence-electron chi connectivity index (χ4n) is 3.19. The number of carbonyl (C=O) groups excluding carboxylic acids is 1. The predicted octanol–water partition coefficient (Wildman–Crippen LogP) is 3.78. The van der Waals surface area contributed by atoms with Gasteiger partial charge in [-0.1, -0.05) is 12.1 Å². The molecule has 0 saturated carbocycles. The lowest BCUT2D eigenvalue weighted by atomic mass is 10.1. The van der Waals surface area contributed by atoms with E-state index in [2.05, 4.69) is 20.6 Å². The van der Waals surface area contributed by atoms with Gasteiger partial charge in [-0.05, 0) is 45.4 Å². The molecule has 1 aliphatic rings. The molecule has 3 heterocycles. The third kappa shape index (κ3) is 4.12. The maximum Gasteiger partial charge on any atom is 0.262 e. The van der Waals surface area contributed by atoms with Crippen molar-refractivity contribution in [2.75, 3.05) is 18.5 Å². The third-order valence-corrected chi connectivity index (χ3v) is 5.68. The Balaban J connectivity index is 1.53. The fourth-order valence-corrected chi connectivity index (χ4v) is 4.24. The van der Waals surface area contributed by atoms with Crippen LogP contribution in [-0.2, 0) is 0 Å². The summed E-state index contributed by atoms with van der Waals surface area (Å²) < 4.78 is 11.8. The van der Waals surface area contributed by atoms with E-state index >= 15 is 0 Å². The van der Waals surface area contributed by atoms with Crippen LogP contribution in [0.15, 0.2) is 30.6 Å². The van der Waals surface area contributed by atoms with E-state index in [1.807, 2.05) is 52.0 Å². The average molecular weight is 413 g/mol. The molecule has 3 aromatic rings. The summed E-state index contributed by atoms with van der Waals surface area (Å²) in [5.74, 6) is 2.10. The van der Waals surface area contributed by atoms with E-state index in [9.17, 15) is 4.79 Å². The first-order valence-electron chi connectivity index (χ1n) is 9.51. The molecule has 1 aromatic carbocycles. The summed E-state index contributed by atoms with van der Waals surface area (Å²) in [4.78, 5) is 22.9. The number of hydrogen-bond donors (Lipinski definition) is 2. The Hall–Kier alpha value is -2.87. The van der Waals surface area contributed by atoms with E-state index in [-0.39, 0.29) is 17.6 Å². The Labute approximate surface area is 173 Å². The highest BCUT2D eigenvalue weighted by atomic mass is 32.1. The number of hydrogen-bond acceptors (Lipinski definition) is 7. The highest BCUT2D eigenvalue weighted by Crippen LogP contribution is 2.34. The van der Waals surface area contributed by atoms with Crippen molar-refractivity contribution in [2.45, 2.75) is 39.3 Å². The van der Waals surface area contributed by atoms with Gasteiger partial charge in [0.25, 0.3) is 5.91 Å². The number of fused-ring (bicyclic) bond motifs is 2. The molecule has 7 nitrogen and oxygen atoms in total. The minimum atomic E-state index is -0.304. The zero-order valence-electron chi connectivity index (χ0n) is 16.9. The van der Waals surface area contributed by atoms with E-state index in [0.717, 1.165) is 27.3 Å². The van der Waals surface area contributed by atoms with Gasteiger partial charge in [-0.15, -0.1) is 11.3 Å². The Bertz CT molecular complexity index is 1060. The molecule has 8 heteroatoms. The molecule has 0 unspecified atom stereocenters. The van der Waals surface area contributed by atoms with Gasteiger partial charge in [-0.2, -0.15) is 0 Å². The summed E-state index contributed by atoms with van der Waals surface area (Å²) in [5, 5.41) is 7.23. The van der Waals surface area contributed by atoms with Crippen molar-refractivity contribution >= 4 is 33.3 Å². The van der Waals surface area contributed by atoms with E-state index < -0.39 is 0 Å². The van der Waals surface area contributed by atoms with Gasteiger partial charge in [0.1, 0.15) is 29.7 Å². The number of aromatic nitrogens is 2. The smallest absolute Gasteiger partial charge is 0.262 e. The van der Waals surface area contributed by atoms with Crippen molar-refractivity contribution in [1.82, 2.24) is 15.3 Å². The Morgan fingerprint density at radius 1 is 1.24 bits per heavy atom. The molecular formula is C21H24N4O3S. The normalized spacial score (nSPS) is 15.9. The van der Waals surface area contributed by atoms with Crippen LogP contribution in [0.5, 0.6) is 11.5 Å². The summed E-state index contributed by atoms with van der Waals surface area (Å²) >= 11 is 1.38. The quantitative estimate of drug-likeness (QED) is 0.678. The highest BCUT2D eigenvalue weighted by molar-refractivity contribution is 7.20. The van der Waals surface area contributed by atoms with Gasteiger partial charge in [0.15, 0.2) is 11.5 Å². The van der Waals surface area contributed by atoms with E-state index in [1.165, 1.54) is 17.7 Å². The molecule has 0 fully saturated rings. The van der Waals surface area contributed by atoms with Crippen LogP contribution >= 0.6 is 11.3 Å². The van der Waals surface area contributed by atoms with Crippen LogP contribution in [0, 0.1) is 6.92 Å². The topological polar surface area (TPSA) is 85.4 Å². The third-order valence-electron chi connectivity index (χ3n) is 4.49. The second-order valence-electron chi connectivity index (χ2n) is 8.04. The van der Waals surface area contributed by atoms with Crippen molar-refractivity contribution in [2.24, 2.45) is 0 Å². The van der Waals surface area contributed by atoms with E-state index in [4.69, 9.17) is 9.47 Å². The SMILES string of the molecule is Cc1c(C(=O)NC(C)(C)C)sc2ncnc(NC[C@@H]3COc4ccccc4O3)c12. The van der Waals surface area contributed by atoms with Crippen LogP contribution in [0.2, 0.25) is 0 Å². The monoisotopic (exact) mass is 412 g/mol. The standard InChI is InChI=1S/C21H24N4O3S/c1-12-16-18(22-9-13-10-27-14-7-5-6-8-15(14)28-13)23-11-24-20(16)29-17(12)19(26)25-21(2,3)4/h5-8,11,13H,9-10H2,1-4H3,(H,25,26)(H,22,23,24)/t13-/m1/s1. The van der Waals surface area contributed by atoms with Gasteiger partial charge in [-0.25, -0.2) is 9.97 Å². The summed E-state index contributed by atoms with van der Waals surface area (Å²) in [6, 6.07) is 7.63. The van der Waals surface area contributed by atoms with Crippen molar-refractivity contribution < 1.29 is 14.3 Å². The van der Waals surface area contributed by atoms with E-state index in [0.29, 0.717) is 23.8 Å². The maximum atomic E-state index is 12.7. The predicted molar refractivity (Wildman–Crippen MR) is 114 cm³/mol. The first-order valence-corrected chi connectivity index (χ1v) is 10.3.